The number of hydrogen-bond donors (Lipinski definition) is 2. The van der Waals surface area contributed by atoms with Crippen LogP contribution >= 0.6 is 27.5 Å². The molecule has 10 heteroatoms. The van der Waals surface area contributed by atoms with Gasteiger partial charge >= 0.3 is 5.97 Å². The maximum absolute atomic E-state index is 12.9. The highest BCUT2D eigenvalue weighted by molar-refractivity contribution is 9.10. The molecule has 2 N–H and O–H groups in total. The number of rotatable bonds is 8. The molecule has 0 atom stereocenters. The molecule has 0 fully saturated rings. The van der Waals surface area contributed by atoms with E-state index >= 15 is 0 Å². The van der Waals surface area contributed by atoms with Gasteiger partial charge in [-0.05, 0) is 78.9 Å². The molecule has 2 amide bonds. The van der Waals surface area contributed by atoms with Crippen LogP contribution in [-0.2, 0) is 0 Å². The standard InChI is InChI=1S/C29H21BrClN3O5/c1-38-23-13-8-18(9-14-23)27(35)33-25-5-3-2-4-24(25)28(36)34-32-17-20-16-21(30)10-15-26(20)39-29(37)19-6-11-22(31)12-7-19/h2-17H,1H3,(H,33,35)(H,34,36)/b32-17-. The van der Waals surface area contributed by atoms with Crippen molar-refractivity contribution < 1.29 is 23.9 Å². The maximum Gasteiger partial charge on any atom is 0.343 e. The van der Waals surface area contributed by atoms with Crippen molar-refractivity contribution in [3.05, 3.63) is 123 Å². The van der Waals surface area contributed by atoms with Gasteiger partial charge in [0.1, 0.15) is 11.5 Å². The van der Waals surface area contributed by atoms with E-state index in [0.29, 0.717) is 37.6 Å². The van der Waals surface area contributed by atoms with Gasteiger partial charge in [-0.25, -0.2) is 10.2 Å². The molecule has 39 heavy (non-hydrogen) atoms. The van der Waals surface area contributed by atoms with Crippen molar-refractivity contribution in [1.82, 2.24) is 5.43 Å². The number of hydrogen-bond acceptors (Lipinski definition) is 6. The lowest BCUT2D eigenvalue weighted by molar-refractivity contribution is 0.0733. The molecule has 0 saturated carbocycles. The summed E-state index contributed by atoms with van der Waals surface area (Å²) in [6.45, 7) is 0. The van der Waals surface area contributed by atoms with Crippen molar-refractivity contribution >= 4 is 57.2 Å². The number of esters is 1. The Kier molecular flexibility index (Phi) is 9.09. The molecule has 0 radical (unpaired) electrons. The Morgan fingerprint density at radius 1 is 0.872 bits per heavy atom. The van der Waals surface area contributed by atoms with E-state index in [9.17, 15) is 14.4 Å². The van der Waals surface area contributed by atoms with Gasteiger partial charge in [-0.1, -0.05) is 39.7 Å². The van der Waals surface area contributed by atoms with Crippen LogP contribution in [0.15, 0.2) is 101 Å². The van der Waals surface area contributed by atoms with Crippen LogP contribution in [0.1, 0.15) is 36.6 Å². The third-order valence-corrected chi connectivity index (χ3v) is 6.14. The number of carbonyl (C=O) groups excluding carboxylic acids is 3. The molecule has 0 saturated heterocycles. The fourth-order valence-electron chi connectivity index (χ4n) is 3.41. The Morgan fingerprint density at radius 2 is 1.56 bits per heavy atom. The molecular formula is C29H21BrClN3O5. The largest absolute Gasteiger partial charge is 0.497 e. The van der Waals surface area contributed by atoms with Crippen LogP contribution < -0.4 is 20.2 Å². The average molecular weight is 607 g/mol. The number of halogens is 2. The van der Waals surface area contributed by atoms with Crippen molar-refractivity contribution in [3.63, 3.8) is 0 Å². The van der Waals surface area contributed by atoms with Gasteiger partial charge in [0.05, 0.1) is 30.1 Å². The summed E-state index contributed by atoms with van der Waals surface area (Å²) in [5, 5.41) is 7.27. The lowest BCUT2D eigenvalue weighted by Gasteiger charge is -2.11. The number of hydrazone groups is 1. The number of methoxy groups -OCH3 is 1. The second-order valence-corrected chi connectivity index (χ2v) is 9.36. The van der Waals surface area contributed by atoms with Gasteiger partial charge in [0, 0.05) is 20.6 Å². The molecule has 4 aromatic carbocycles. The third-order valence-electron chi connectivity index (χ3n) is 5.40. The summed E-state index contributed by atoms with van der Waals surface area (Å²) in [4.78, 5) is 38.2. The second kappa shape index (κ2) is 12.9. The summed E-state index contributed by atoms with van der Waals surface area (Å²) in [5.41, 5.74) is 4.13. The van der Waals surface area contributed by atoms with Crippen LogP contribution in [0.5, 0.6) is 11.5 Å². The first-order valence-electron chi connectivity index (χ1n) is 11.5. The van der Waals surface area contributed by atoms with E-state index in [1.807, 2.05) is 0 Å². The number of amides is 2. The molecule has 0 aliphatic heterocycles. The minimum atomic E-state index is -0.575. The van der Waals surface area contributed by atoms with E-state index in [0.717, 1.165) is 0 Å². The monoisotopic (exact) mass is 605 g/mol. The molecular weight excluding hydrogens is 586 g/mol. The Bertz CT molecular complexity index is 1540. The van der Waals surface area contributed by atoms with Gasteiger partial charge in [-0.3, -0.25) is 9.59 Å². The Labute approximate surface area is 237 Å². The second-order valence-electron chi connectivity index (χ2n) is 8.01. The van der Waals surface area contributed by atoms with E-state index in [4.69, 9.17) is 21.1 Å². The zero-order chi connectivity index (χ0) is 27.8. The molecule has 0 aliphatic carbocycles. The molecule has 0 bridgehead atoms. The predicted octanol–water partition coefficient (Wildman–Crippen LogP) is 6.35. The lowest BCUT2D eigenvalue weighted by atomic mass is 10.1. The van der Waals surface area contributed by atoms with Gasteiger partial charge in [0.15, 0.2) is 0 Å². The van der Waals surface area contributed by atoms with Gasteiger partial charge in [0.25, 0.3) is 11.8 Å². The molecule has 4 rings (SSSR count). The van der Waals surface area contributed by atoms with Crippen molar-refractivity contribution in [2.75, 3.05) is 12.4 Å². The zero-order valence-corrected chi connectivity index (χ0v) is 22.8. The minimum absolute atomic E-state index is 0.208. The fraction of sp³-hybridized carbons (Fsp3) is 0.0345. The number of nitrogens with one attached hydrogen (secondary N) is 2. The number of anilines is 1. The SMILES string of the molecule is COc1ccc(C(=O)Nc2ccccc2C(=O)N/N=C\c2cc(Br)ccc2OC(=O)c2ccc(Cl)cc2)cc1. The van der Waals surface area contributed by atoms with Crippen LogP contribution in [0.4, 0.5) is 5.69 Å². The fourth-order valence-corrected chi connectivity index (χ4v) is 3.91. The van der Waals surface area contributed by atoms with Crippen molar-refractivity contribution in [1.29, 1.82) is 0 Å². The Hall–Kier alpha value is -4.47. The van der Waals surface area contributed by atoms with Crippen LogP contribution in [-0.4, -0.2) is 31.1 Å². The van der Waals surface area contributed by atoms with Gasteiger partial charge in [-0.15, -0.1) is 0 Å². The zero-order valence-electron chi connectivity index (χ0n) is 20.5. The average Bonchev–Trinajstić information content (AvgIpc) is 2.95. The van der Waals surface area contributed by atoms with E-state index in [1.165, 1.54) is 13.3 Å². The van der Waals surface area contributed by atoms with Gasteiger partial charge < -0.3 is 14.8 Å². The number of carbonyl (C=O) groups is 3. The third kappa shape index (κ3) is 7.31. The van der Waals surface area contributed by atoms with E-state index in [2.05, 4.69) is 31.8 Å². The first kappa shape index (κ1) is 27.6. The summed E-state index contributed by atoms with van der Waals surface area (Å²) in [6.07, 6.45) is 1.35. The topological polar surface area (TPSA) is 106 Å². The van der Waals surface area contributed by atoms with Crippen LogP contribution in [0, 0.1) is 0 Å². The first-order chi connectivity index (χ1) is 18.8. The number of benzene rings is 4. The van der Waals surface area contributed by atoms with Crippen molar-refractivity contribution in [2.45, 2.75) is 0 Å². The number of ether oxygens (including phenoxy) is 2. The molecule has 0 unspecified atom stereocenters. The highest BCUT2D eigenvalue weighted by atomic mass is 79.9. The molecule has 0 spiro atoms. The maximum atomic E-state index is 12.9. The highest BCUT2D eigenvalue weighted by Gasteiger charge is 2.15. The minimum Gasteiger partial charge on any atom is -0.497 e. The Morgan fingerprint density at radius 3 is 2.28 bits per heavy atom. The van der Waals surface area contributed by atoms with E-state index in [-0.39, 0.29) is 17.2 Å². The molecule has 196 valence electrons. The van der Waals surface area contributed by atoms with Crippen LogP contribution in [0.2, 0.25) is 5.02 Å². The van der Waals surface area contributed by atoms with E-state index in [1.54, 1.807) is 91.0 Å². The molecule has 0 aliphatic rings. The van der Waals surface area contributed by atoms with Gasteiger partial charge in [0.2, 0.25) is 0 Å². The summed E-state index contributed by atoms with van der Waals surface area (Å²) in [5.74, 6) is -0.649. The normalized spacial score (nSPS) is 10.6. The molecule has 0 aromatic heterocycles. The van der Waals surface area contributed by atoms with Gasteiger partial charge in [-0.2, -0.15) is 5.10 Å². The van der Waals surface area contributed by atoms with Crippen molar-refractivity contribution in [2.24, 2.45) is 5.10 Å². The summed E-state index contributed by atoms with van der Waals surface area (Å²) in [6, 6.07) is 24.4. The first-order valence-corrected chi connectivity index (χ1v) is 12.7. The number of para-hydroxylation sites is 1. The van der Waals surface area contributed by atoms with Crippen LogP contribution in [0.25, 0.3) is 0 Å². The predicted molar refractivity (Wildman–Crippen MR) is 153 cm³/mol. The molecule has 0 heterocycles. The van der Waals surface area contributed by atoms with Crippen molar-refractivity contribution in [3.8, 4) is 11.5 Å². The summed E-state index contributed by atoms with van der Waals surface area (Å²) in [7, 11) is 1.54. The van der Waals surface area contributed by atoms with E-state index < -0.39 is 11.9 Å². The highest BCUT2D eigenvalue weighted by Crippen LogP contribution is 2.23. The summed E-state index contributed by atoms with van der Waals surface area (Å²) < 4.78 is 11.4. The molecule has 8 nitrogen and oxygen atoms in total. The lowest BCUT2D eigenvalue weighted by Crippen LogP contribution is -2.21. The Balaban J connectivity index is 1.46. The smallest absolute Gasteiger partial charge is 0.343 e. The molecule has 4 aromatic rings. The quantitative estimate of drug-likeness (QED) is 0.105. The van der Waals surface area contributed by atoms with Crippen LogP contribution in [0.3, 0.4) is 0 Å². The summed E-state index contributed by atoms with van der Waals surface area (Å²) >= 11 is 9.27. The number of nitrogens with zero attached hydrogens (tertiary/aromatic N) is 1.